The monoisotopic (exact) mass is 362 g/mol. The molecular formula is C19H23F5O. The Morgan fingerprint density at radius 2 is 1.84 bits per heavy atom. The van der Waals surface area contributed by atoms with Crippen molar-refractivity contribution in [2.24, 2.45) is 11.8 Å². The third-order valence-electron chi connectivity index (χ3n) is 4.64. The maximum atomic E-state index is 13.7. The van der Waals surface area contributed by atoms with E-state index in [9.17, 15) is 22.0 Å². The van der Waals surface area contributed by atoms with Crippen molar-refractivity contribution >= 4 is 0 Å². The Morgan fingerprint density at radius 3 is 2.44 bits per heavy atom. The van der Waals surface area contributed by atoms with Crippen LogP contribution in [0, 0.1) is 17.7 Å². The Labute approximate surface area is 144 Å². The predicted molar refractivity (Wildman–Crippen MR) is 86.6 cm³/mol. The lowest BCUT2D eigenvalue weighted by Crippen LogP contribution is -2.18. The number of ether oxygens (including phenoxy) is 1. The van der Waals surface area contributed by atoms with Crippen LogP contribution in [0.3, 0.4) is 0 Å². The number of hydrogen-bond donors (Lipinski definition) is 0. The van der Waals surface area contributed by atoms with E-state index in [-0.39, 0.29) is 6.67 Å². The molecule has 140 valence electrons. The van der Waals surface area contributed by atoms with Crippen LogP contribution in [0.15, 0.2) is 30.4 Å². The van der Waals surface area contributed by atoms with E-state index in [0.29, 0.717) is 30.2 Å². The molecule has 1 nitrogen and oxygen atoms in total. The van der Waals surface area contributed by atoms with Gasteiger partial charge in [-0.05, 0) is 74.5 Å². The molecule has 25 heavy (non-hydrogen) atoms. The molecule has 1 aromatic rings. The molecule has 0 atom stereocenters. The lowest BCUT2D eigenvalue weighted by atomic mass is 9.79. The van der Waals surface area contributed by atoms with Gasteiger partial charge in [-0.2, -0.15) is 0 Å². The highest BCUT2D eigenvalue weighted by atomic mass is 19.4. The normalized spacial score (nSPS) is 21.6. The molecular weight excluding hydrogens is 339 g/mol. The van der Waals surface area contributed by atoms with Crippen LogP contribution in [0.25, 0.3) is 0 Å². The summed E-state index contributed by atoms with van der Waals surface area (Å²) in [7, 11) is 0. The van der Waals surface area contributed by atoms with Gasteiger partial charge in [0.2, 0.25) is 0 Å². The van der Waals surface area contributed by atoms with Crippen molar-refractivity contribution in [3.05, 3.63) is 41.7 Å². The number of hydrogen-bond acceptors (Lipinski definition) is 1. The highest BCUT2D eigenvalue weighted by Crippen LogP contribution is 2.33. The first-order valence-electron chi connectivity index (χ1n) is 8.64. The summed E-state index contributed by atoms with van der Waals surface area (Å²) in [5.41, 5.74) is 0.678. The van der Waals surface area contributed by atoms with Gasteiger partial charge in [0.05, 0.1) is 6.67 Å². The predicted octanol–water partition coefficient (Wildman–Crippen LogP) is 6.38. The van der Waals surface area contributed by atoms with E-state index in [1.165, 1.54) is 6.07 Å². The molecule has 1 saturated carbocycles. The van der Waals surface area contributed by atoms with Crippen molar-refractivity contribution in [3.8, 4) is 5.75 Å². The smallest absolute Gasteiger partial charge is 0.403 e. The van der Waals surface area contributed by atoms with Crippen LogP contribution in [-0.2, 0) is 6.42 Å². The van der Waals surface area contributed by atoms with Crippen LogP contribution in [0.2, 0.25) is 0 Å². The third-order valence-corrected chi connectivity index (χ3v) is 4.64. The van der Waals surface area contributed by atoms with Gasteiger partial charge in [-0.25, -0.2) is 4.39 Å². The van der Waals surface area contributed by atoms with Crippen molar-refractivity contribution in [1.82, 2.24) is 0 Å². The van der Waals surface area contributed by atoms with Gasteiger partial charge >= 0.3 is 6.36 Å². The van der Waals surface area contributed by atoms with E-state index in [1.54, 1.807) is 0 Å². The zero-order valence-electron chi connectivity index (χ0n) is 14.0. The first-order valence-corrected chi connectivity index (χ1v) is 8.64. The minimum absolute atomic E-state index is 0.324. The maximum Gasteiger partial charge on any atom is 0.573 e. The Hall–Kier alpha value is -1.59. The highest BCUT2D eigenvalue weighted by molar-refractivity contribution is 5.29. The molecule has 0 amide bonds. The molecule has 0 heterocycles. The molecule has 1 aliphatic rings. The number of aryl methyl sites for hydroxylation is 1. The van der Waals surface area contributed by atoms with Gasteiger partial charge in [0, 0.05) is 0 Å². The van der Waals surface area contributed by atoms with Crippen LogP contribution in [-0.4, -0.2) is 13.0 Å². The van der Waals surface area contributed by atoms with Gasteiger partial charge in [-0.1, -0.05) is 18.2 Å². The fourth-order valence-corrected chi connectivity index (χ4v) is 3.30. The quantitative estimate of drug-likeness (QED) is 0.404. The number of allylic oxidation sites excluding steroid dienone is 2. The van der Waals surface area contributed by atoms with Crippen molar-refractivity contribution in [2.45, 2.75) is 51.3 Å². The fourth-order valence-electron chi connectivity index (χ4n) is 3.30. The van der Waals surface area contributed by atoms with E-state index in [1.807, 2.05) is 6.08 Å². The summed E-state index contributed by atoms with van der Waals surface area (Å²) in [5.74, 6) is -0.729. The molecule has 0 bridgehead atoms. The minimum Gasteiger partial charge on any atom is -0.403 e. The maximum absolute atomic E-state index is 13.7. The molecule has 0 spiro atoms. The molecule has 6 heteroatoms. The molecule has 1 fully saturated rings. The number of benzene rings is 1. The van der Waals surface area contributed by atoms with E-state index in [4.69, 9.17) is 0 Å². The molecule has 1 aliphatic carbocycles. The second kappa shape index (κ2) is 9.20. The molecule has 0 saturated heterocycles. The van der Waals surface area contributed by atoms with Crippen LogP contribution < -0.4 is 4.74 Å². The average molecular weight is 362 g/mol. The Morgan fingerprint density at radius 1 is 1.12 bits per heavy atom. The van der Waals surface area contributed by atoms with Crippen LogP contribution in [0.5, 0.6) is 5.75 Å². The summed E-state index contributed by atoms with van der Waals surface area (Å²) in [6.07, 6.45) is 5.39. The first kappa shape index (κ1) is 19.7. The van der Waals surface area contributed by atoms with Gasteiger partial charge in [0.25, 0.3) is 0 Å². The van der Waals surface area contributed by atoms with Crippen molar-refractivity contribution in [2.75, 3.05) is 6.67 Å². The second-order valence-electron chi connectivity index (χ2n) is 6.54. The number of rotatable bonds is 7. The van der Waals surface area contributed by atoms with Crippen LogP contribution in [0.4, 0.5) is 22.0 Å². The number of halogens is 5. The van der Waals surface area contributed by atoms with Crippen molar-refractivity contribution in [1.29, 1.82) is 0 Å². The van der Waals surface area contributed by atoms with Crippen LogP contribution >= 0.6 is 0 Å². The lowest BCUT2D eigenvalue weighted by Gasteiger charge is -2.26. The summed E-state index contributed by atoms with van der Waals surface area (Å²) in [6, 6.07) is 3.63. The second-order valence-corrected chi connectivity index (χ2v) is 6.54. The zero-order chi connectivity index (χ0) is 18.3. The summed E-state index contributed by atoms with van der Waals surface area (Å²) in [5, 5.41) is 0. The van der Waals surface area contributed by atoms with Gasteiger partial charge in [0.1, 0.15) is 0 Å². The molecule has 0 aromatic heterocycles. The summed E-state index contributed by atoms with van der Waals surface area (Å²) < 4.78 is 65.8. The summed E-state index contributed by atoms with van der Waals surface area (Å²) >= 11 is 0. The van der Waals surface area contributed by atoms with E-state index >= 15 is 0 Å². The zero-order valence-corrected chi connectivity index (χ0v) is 14.0. The van der Waals surface area contributed by atoms with Gasteiger partial charge in [-0.3, -0.25) is 4.39 Å². The first-order chi connectivity index (χ1) is 11.9. The summed E-state index contributed by atoms with van der Waals surface area (Å²) in [6.45, 7) is -0.324. The standard InChI is InChI=1S/C19H23F5O/c20-12-2-1-3-14-4-6-15(7-5-14)8-9-16-10-11-18(17(21)13-16)25-19(22,23)24/h1,3,10-11,13-15H,2,4-9,12H2/b3-1+. The molecule has 0 unspecified atom stereocenters. The number of alkyl halides is 4. The van der Waals surface area contributed by atoms with E-state index in [2.05, 4.69) is 10.8 Å². The SMILES string of the molecule is FCC/C=C/C1CCC(CCc2ccc(OC(F)(F)F)c(F)c2)CC1. The molecule has 0 aliphatic heterocycles. The topological polar surface area (TPSA) is 9.23 Å². The van der Waals surface area contributed by atoms with Crippen LogP contribution in [0.1, 0.15) is 44.1 Å². The fraction of sp³-hybridized carbons (Fsp3) is 0.579. The van der Waals surface area contributed by atoms with E-state index in [0.717, 1.165) is 44.2 Å². The minimum atomic E-state index is -4.89. The Balaban J connectivity index is 1.78. The van der Waals surface area contributed by atoms with Crippen molar-refractivity contribution < 1.29 is 26.7 Å². The average Bonchev–Trinajstić information content (AvgIpc) is 2.55. The molecule has 1 aromatic carbocycles. The Bertz CT molecular complexity index is 559. The van der Waals surface area contributed by atoms with Gasteiger partial charge < -0.3 is 4.74 Å². The third kappa shape index (κ3) is 7.04. The molecule has 0 radical (unpaired) electrons. The van der Waals surface area contributed by atoms with Gasteiger partial charge in [-0.15, -0.1) is 13.2 Å². The van der Waals surface area contributed by atoms with Gasteiger partial charge in [0.15, 0.2) is 11.6 Å². The molecule has 0 N–H and O–H groups in total. The highest BCUT2D eigenvalue weighted by Gasteiger charge is 2.32. The largest absolute Gasteiger partial charge is 0.573 e. The lowest BCUT2D eigenvalue weighted by molar-refractivity contribution is -0.275. The van der Waals surface area contributed by atoms with Crippen molar-refractivity contribution in [3.63, 3.8) is 0 Å². The van der Waals surface area contributed by atoms with E-state index < -0.39 is 17.9 Å². The Kier molecular flexibility index (Phi) is 7.26. The molecule has 2 rings (SSSR count). The summed E-state index contributed by atoms with van der Waals surface area (Å²) in [4.78, 5) is 0.